The van der Waals surface area contributed by atoms with Crippen LogP contribution in [0.15, 0.2) is 48.7 Å². The van der Waals surface area contributed by atoms with Crippen molar-refractivity contribution in [3.63, 3.8) is 0 Å². The van der Waals surface area contributed by atoms with Crippen LogP contribution in [-0.2, 0) is 4.79 Å². The number of nitrogens with zero attached hydrogens (tertiary/aromatic N) is 2. The predicted molar refractivity (Wildman–Crippen MR) is 115 cm³/mol. The van der Waals surface area contributed by atoms with E-state index in [1.165, 1.54) is 0 Å². The summed E-state index contributed by atoms with van der Waals surface area (Å²) in [5.41, 5.74) is 1.67. The van der Waals surface area contributed by atoms with Gasteiger partial charge in [-0.25, -0.2) is 13.6 Å². The maximum atomic E-state index is 13.8. The van der Waals surface area contributed by atoms with Gasteiger partial charge in [0.2, 0.25) is 0 Å². The number of aliphatic carboxylic acids is 1. The molecular formula is C22H17ClF5N3O3. The Morgan fingerprint density at radius 2 is 1.82 bits per heavy atom. The van der Waals surface area contributed by atoms with Crippen LogP contribution in [-0.4, -0.2) is 47.3 Å². The van der Waals surface area contributed by atoms with Crippen LogP contribution in [0.25, 0.3) is 10.9 Å². The van der Waals surface area contributed by atoms with Gasteiger partial charge in [-0.15, -0.1) is 0 Å². The summed E-state index contributed by atoms with van der Waals surface area (Å²) in [5, 5.41) is 11.6. The minimum absolute atomic E-state index is 0.127. The maximum Gasteiger partial charge on any atom is 0.490 e. The second-order valence-electron chi connectivity index (χ2n) is 7.32. The summed E-state index contributed by atoms with van der Waals surface area (Å²) in [5.74, 6) is -4.86. The first-order chi connectivity index (χ1) is 16.0. The number of aromatic nitrogens is 1. The Morgan fingerprint density at radius 1 is 1.12 bits per heavy atom. The molecule has 0 spiro atoms. The largest absolute Gasteiger partial charge is 0.490 e. The van der Waals surface area contributed by atoms with E-state index in [4.69, 9.17) is 21.5 Å². The van der Waals surface area contributed by atoms with Gasteiger partial charge >= 0.3 is 12.1 Å². The molecule has 1 amide bonds. The van der Waals surface area contributed by atoms with Gasteiger partial charge < -0.3 is 15.3 Å². The van der Waals surface area contributed by atoms with Gasteiger partial charge in [0, 0.05) is 47.5 Å². The van der Waals surface area contributed by atoms with Crippen molar-refractivity contribution in [3.8, 4) is 0 Å². The normalized spacial score (nSPS) is 15.6. The second-order valence-corrected chi connectivity index (χ2v) is 7.76. The average Bonchev–Trinajstić information content (AvgIpc) is 3.21. The zero-order valence-electron chi connectivity index (χ0n) is 17.2. The SMILES string of the molecule is O=C(NC1CCN(c2ccnc3cc(Cl)ccc23)C1)c1ccc(F)cc1F.O=C(O)C(F)(F)F. The molecule has 1 aliphatic rings. The molecule has 0 saturated carbocycles. The van der Waals surface area contributed by atoms with Crippen molar-refractivity contribution in [2.24, 2.45) is 0 Å². The van der Waals surface area contributed by atoms with Gasteiger partial charge in [-0.2, -0.15) is 13.2 Å². The molecule has 0 bridgehead atoms. The van der Waals surface area contributed by atoms with Gasteiger partial charge in [-0.05, 0) is 42.8 Å². The molecule has 6 nitrogen and oxygen atoms in total. The standard InChI is InChI=1S/C20H16ClF2N3O.C2HF3O2/c21-12-1-3-16-18(9-12)24-7-5-19(16)26-8-6-14(11-26)25-20(27)15-4-2-13(22)10-17(15)23;3-2(4,5)1(6)7/h1-5,7,9-10,14H,6,8,11H2,(H,25,27);(H,6,7). The van der Waals surface area contributed by atoms with E-state index in [-0.39, 0.29) is 11.6 Å². The first-order valence-corrected chi connectivity index (χ1v) is 10.2. The van der Waals surface area contributed by atoms with Crippen molar-refractivity contribution in [3.05, 3.63) is 70.9 Å². The van der Waals surface area contributed by atoms with Crippen molar-refractivity contribution >= 4 is 40.1 Å². The number of carbonyl (C=O) groups excluding carboxylic acids is 1. The summed E-state index contributed by atoms with van der Waals surface area (Å²) in [6.45, 7) is 1.34. The topological polar surface area (TPSA) is 82.5 Å². The third-order valence-electron chi connectivity index (χ3n) is 4.96. The highest BCUT2D eigenvalue weighted by Crippen LogP contribution is 2.30. The highest BCUT2D eigenvalue weighted by Gasteiger charge is 2.38. The van der Waals surface area contributed by atoms with E-state index in [2.05, 4.69) is 15.2 Å². The quantitative estimate of drug-likeness (QED) is 0.503. The number of pyridine rings is 1. The summed E-state index contributed by atoms with van der Waals surface area (Å²) in [4.78, 5) is 27.7. The van der Waals surface area contributed by atoms with Gasteiger partial charge in [0.1, 0.15) is 11.6 Å². The number of rotatable bonds is 3. The predicted octanol–water partition coefficient (Wildman–Crippen LogP) is 4.81. The van der Waals surface area contributed by atoms with E-state index in [0.717, 1.165) is 41.7 Å². The molecule has 12 heteroatoms. The van der Waals surface area contributed by atoms with Gasteiger partial charge in [-0.3, -0.25) is 9.78 Å². The number of hydrogen-bond donors (Lipinski definition) is 2. The van der Waals surface area contributed by atoms with E-state index in [1.807, 2.05) is 24.3 Å². The Labute approximate surface area is 195 Å². The molecule has 2 aromatic carbocycles. The van der Waals surface area contributed by atoms with Crippen LogP contribution >= 0.6 is 11.6 Å². The summed E-state index contributed by atoms with van der Waals surface area (Å²) in [7, 11) is 0. The molecule has 1 fully saturated rings. The molecule has 1 aromatic heterocycles. The summed E-state index contributed by atoms with van der Waals surface area (Å²) in [6.07, 6.45) is -2.63. The van der Waals surface area contributed by atoms with Crippen LogP contribution in [0.5, 0.6) is 0 Å². The van der Waals surface area contributed by atoms with Crippen molar-refractivity contribution in [1.29, 1.82) is 0 Å². The van der Waals surface area contributed by atoms with Gasteiger partial charge in [0.25, 0.3) is 5.91 Å². The number of carbonyl (C=O) groups is 2. The number of halogens is 6. The highest BCUT2D eigenvalue weighted by atomic mass is 35.5. The molecule has 1 saturated heterocycles. The van der Waals surface area contributed by atoms with Crippen molar-refractivity contribution < 1.29 is 36.6 Å². The number of carboxylic acid groups (broad SMARTS) is 1. The molecule has 0 radical (unpaired) electrons. The Hall–Kier alpha value is -3.47. The van der Waals surface area contributed by atoms with E-state index in [1.54, 1.807) is 6.20 Å². The number of amides is 1. The maximum absolute atomic E-state index is 13.8. The van der Waals surface area contributed by atoms with E-state index < -0.39 is 29.7 Å². The van der Waals surface area contributed by atoms with Gasteiger partial charge in [-0.1, -0.05) is 11.6 Å². The fourth-order valence-electron chi connectivity index (χ4n) is 3.42. The number of hydrogen-bond acceptors (Lipinski definition) is 4. The first-order valence-electron chi connectivity index (χ1n) is 9.81. The van der Waals surface area contributed by atoms with Crippen LogP contribution in [0.2, 0.25) is 5.02 Å². The Bertz CT molecular complexity index is 1220. The first kappa shape index (κ1) is 25.2. The summed E-state index contributed by atoms with van der Waals surface area (Å²) < 4.78 is 58.5. The number of anilines is 1. The molecular weight excluding hydrogens is 485 g/mol. The lowest BCUT2D eigenvalue weighted by molar-refractivity contribution is -0.192. The van der Waals surface area contributed by atoms with Crippen LogP contribution in [0.1, 0.15) is 16.8 Å². The van der Waals surface area contributed by atoms with Crippen LogP contribution in [0, 0.1) is 11.6 Å². The molecule has 1 atom stereocenters. The van der Waals surface area contributed by atoms with Crippen molar-refractivity contribution in [2.45, 2.75) is 18.6 Å². The van der Waals surface area contributed by atoms with E-state index >= 15 is 0 Å². The molecule has 180 valence electrons. The van der Waals surface area contributed by atoms with Gasteiger partial charge in [0.15, 0.2) is 0 Å². The molecule has 1 aliphatic heterocycles. The molecule has 2 heterocycles. The molecule has 1 unspecified atom stereocenters. The lowest BCUT2D eigenvalue weighted by Gasteiger charge is -2.21. The minimum atomic E-state index is -5.08. The van der Waals surface area contributed by atoms with Crippen molar-refractivity contribution in [1.82, 2.24) is 10.3 Å². The summed E-state index contributed by atoms with van der Waals surface area (Å²) in [6, 6.07) is 10.3. The Balaban J connectivity index is 0.000000406. The Kier molecular flexibility index (Phi) is 7.55. The van der Waals surface area contributed by atoms with Crippen LogP contribution < -0.4 is 10.2 Å². The monoisotopic (exact) mass is 501 g/mol. The lowest BCUT2D eigenvalue weighted by atomic mass is 10.1. The van der Waals surface area contributed by atoms with E-state index in [9.17, 15) is 26.7 Å². The smallest absolute Gasteiger partial charge is 0.475 e. The zero-order chi connectivity index (χ0) is 25.0. The fourth-order valence-corrected chi connectivity index (χ4v) is 3.58. The Morgan fingerprint density at radius 3 is 2.47 bits per heavy atom. The number of fused-ring (bicyclic) bond motifs is 1. The van der Waals surface area contributed by atoms with E-state index in [0.29, 0.717) is 17.6 Å². The van der Waals surface area contributed by atoms with Crippen molar-refractivity contribution in [2.75, 3.05) is 18.0 Å². The van der Waals surface area contributed by atoms with Gasteiger partial charge in [0.05, 0.1) is 11.1 Å². The summed E-state index contributed by atoms with van der Waals surface area (Å²) >= 11 is 6.04. The molecule has 2 N–H and O–H groups in total. The molecule has 4 rings (SSSR count). The second kappa shape index (κ2) is 10.2. The molecule has 34 heavy (non-hydrogen) atoms. The molecule has 0 aliphatic carbocycles. The van der Waals surface area contributed by atoms with Crippen LogP contribution in [0.3, 0.4) is 0 Å². The highest BCUT2D eigenvalue weighted by molar-refractivity contribution is 6.31. The third-order valence-corrected chi connectivity index (χ3v) is 5.20. The third kappa shape index (κ3) is 6.10. The average molecular weight is 502 g/mol. The minimum Gasteiger partial charge on any atom is -0.475 e. The number of alkyl halides is 3. The zero-order valence-corrected chi connectivity index (χ0v) is 18.0. The number of benzene rings is 2. The fraction of sp³-hybridized carbons (Fsp3) is 0.227. The number of nitrogens with one attached hydrogen (secondary N) is 1. The molecule has 3 aromatic rings. The number of carboxylic acids is 1. The van der Waals surface area contributed by atoms with Crippen LogP contribution in [0.4, 0.5) is 27.6 Å². The lowest BCUT2D eigenvalue weighted by Crippen LogP contribution is -2.37.